The minimum absolute atomic E-state index is 0.0682. The first-order valence-corrected chi connectivity index (χ1v) is 5.40. The summed E-state index contributed by atoms with van der Waals surface area (Å²) in [6.45, 7) is 2.36. The Morgan fingerprint density at radius 1 is 1.53 bits per heavy atom. The Morgan fingerprint density at radius 2 is 2.29 bits per heavy atom. The molecule has 0 heterocycles. The summed E-state index contributed by atoms with van der Waals surface area (Å²) >= 11 is 0. The number of carbonyl (C=O) groups is 1. The molecule has 17 heavy (non-hydrogen) atoms. The molecule has 1 aromatic rings. The van der Waals surface area contributed by atoms with Crippen LogP contribution in [0.15, 0.2) is 29.4 Å². The number of amides is 1. The van der Waals surface area contributed by atoms with Gasteiger partial charge in [-0.2, -0.15) is 0 Å². The van der Waals surface area contributed by atoms with Crippen molar-refractivity contribution in [3.05, 3.63) is 35.4 Å². The topological polar surface area (TPSA) is 87.7 Å². The van der Waals surface area contributed by atoms with Crippen molar-refractivity contribution in [2.75, 3.05) is 6.54 Å². The molecule has 4 N–H and O–H groups in total. The Bertz CT molecular complexity index is 416. The number of amidine groups is 1. The van der Waals surface area contributed by atoms with Gasteiger partial charge in [0.2, 0.25) is 5.91 Å². The number of hydrogen-bond acceptors (Lipinski definition) is 3. The molecule has 0 spiro atoms. The van der Waals surface area contributed by atoms with Gasteiger partial charge in [0, 0.05) is 13.0 Å². The lowest BCUT2D eigenvalue weighted by Crippen LogP contribution is -2.29. The number of nitrogens with zero attached hydrogens (tertiary/aromatic N) is 1. The average Bonchev–Trinajstić information content (AvgIpc) is 2.28. The first kappa shape index (κ1) is 13.0. The van der Waals surface area contributed by atoms with E-state index < -0.39 is 0 Å². The van der Waals surface area contributed by atoms with Crippen molar-refractivity contribution in [2.45, 2.75) is 19.8 Å². The molecule has 5 nitrogen and oxygen atoms in total. The van der Waals surface area contributed by atoms with Crippen LogP contribution in [-0.4, -0.2) is 23.5 Å². The van der Waals surface area contributed by atoms with Crippen molar-refractivity contribution >= 4 is 11.7 Å². The smallest absolute Gasteiger partial charge is 0.224 e. The zero-order chi connectivity index (χ0) is 12.7. The van der Waals surface area contributed by atoms with E-state index in [1.165, 1.54) is 0 Å². The Balaban J connectivity index is 2.35. The number of rotatable bonds is 5. The van der Waals surface area contributed by atoms with Crippen LogP contribution in [0.2, 0.25) is 0 Å². The highest BCUT2D eigenvalue weighted by Crippen LogP contribution is 2.04. The van der Waals surface area contributed by atoms with Gasteiger partial charge in [-0.05, 0) is 12.5 Å². The second-order valence-electron chi connectivity index (χ2n) is 3.86. The van der Waals surface area contributed by atoms with Crippen molar-refractivity contribution in [3.63, 3.8) is 0 Å². The van der Waals surface area contributed by atoms with Crippen LogP contribution < -0.4 is 11.1 Å². The molecule has 0 bridgehead atoms. The molecule has 0 atom stereocenters. The van der Waals surface area contributed by atoms with Crippen LogP contribution in [0.1, 0.15) is 17.5 Å². The first-order chi connectivity index (χ1) is 8.11. The molecule has 0 radical (unpaired) electrons. The maximum Gasteiger partial charge on any atom is 0.224 e. The van der Waals surface area contributed by atoms with Crippen LogP contribution in [0, 0.1) is 6.92 Å². The fraction of sp³-hybridized carbons (Fsp3) is 0.333. The molecule has 0 saturated heterocycles. The summed E-state index contributed by atoms with van der Waals surface area (Å²) in [5, 5.41) is 13.8. The van der Waals surface area contributed by atoms with Crippen molar-refractivity contribution in [3.8, 4) is 0 Å². The van der Waals surface area contributed by atoms with E-state index in [2.05, 4.69) is 10.5 Å². The van der Waals surface area contributed by atoms with Crippen LogP contribution in [-0.2, 0) is 11.2 Å². The highest BCUT2D eigenvalue weighted by Gasteiger charge is 2.03. The highest BCUT2D eigenvalue weighted by molar-refractivity contribution is 5.82. The van der Waals surface area contributed by atoms with Gasteiger partial charge in [-0.3, -0.25) is 4.79 Å². The normalized spacial score (nSPS) is 11.2. The Labute approximate surface area is 100 Å². The second-order valence-corrected chi connectivity index (χ2v) is 3.86. The van der Waals surface area contributed by atoms with Gasteiger partial charge in [0.25, 0.3) is 0 Å². The third-order valence-corrected chi connectivity index (χ3v) is 2.28. The van der Waals surface area contributed by atoms with E-state index in [1.54, 1.807) is 0 Å². The van der Waals surface area contributed by atoms with Crippen LogP contribution in [0.4, 0.5) is 0 Å². The van der Waals surface area contributed by atoms with Crippen molar-refractivity contribution < 1.29 is 10.0 Å². The first-order valence-electron chi connectivity index (χ1n) is 5.40. The average molecular weight is 235 g/mol. The molecule has 0 aromatic heterocycles. The molecule has 1 rings (SSSR count). The molecule has 0 saturated carbocycles. The van der Waals surface area contributed by atoms with Gasteiger partial charge < -0.3 is 16.3 Å². The maximum absolute atomic E-state index is 11.5. The van der Waals surface area contributed by atoms with Gasteiger partial charge >= 0.3 is 0 Å². The molecular formula is C12H17N3O2. The van der Waals surface area contributed by atoms with Crippen LogP contribution in [0.5, 0.6) is 0 Å². The zero-order valence-electron chi connectivity index (χ0n) is 9.81. The highest BCUT2D eigenvalue weighted by atomic mass is 16.4. The molecule has 0 aliphatic heterocycles. The van der Waals surface area contributed by atoms with Crippen molar-refractivity contribution in [1.82, 2.24) is 5.32 Å². The van der Waals surface area contributed by atoms with E-state index in [9.17, 15) is 4.79 Å². The predicted octanol–water partition coefficient (Wildman–Crippen LogP) is 0.790. The molecule has 0 unspecified atom stereocenters. The van der Waals surface area contributed by atoms with E-state index >= 15 is 0 Å². The SMILES string of the molecule is Cc1cccc(CC(=O)NCCC(N)=NO)c1. The lowest BCUT2D eigenvalue weighted by atomic mass is 10.1. The Morgan fingerprint density at radius 3 is 2.94 bits per heavy atom. The summed E-state index contributed by atoms with van der Waals surface area (Å²) < 4.78 is 0. The number of carbonyl (C=O) groups excluding carboxylic acids is 1. The van der Waals surface area contributed by atoms with Crippen molar-refractivity contribution in [2.24, 2.45) is 10.9 Å². The van der Waals surface area contributed by atoms with Gasteiger partial charge in [0.15, 0.2) is 0 Å². The number of oxime groups is 1. The molecule has 0 aliphatic carbocycles. The lowest BCUT2D eigenvalue weighted by molar-refractivity contribution is -0.120. The van der Waals surface area contributed by atoms with E-state index in [1.807, 2.05) is 31.2 Å². The van der Waals surface area contributed by atoms with Crippen LogP contribution >= 0.6 is 0 Å². The Kier molecular flexibility index (Phi) is 5.00. The van der Waals surface area contributed by atoms with Crippen LogP contribution in [0.25, 0.3) is 0 Å². The molecule has 5 heteroatoms. The van der Waals surface area contributed by atoms with E-state index in [0.29, 0.717) is 19.4 Å². The van der Waals surface area contributed by atoms with Gasteiger partial charge in [0.05, 0.1) is 6.42 Å². The quantitative estimate of drug-likeness (QED) is 0.305. The minimum Gasteiger partial charge on any atom is -0.409 e. The minimum atomic E-state index is -0.0682. The molecular weight excluding hydrogens is 218 g/mol. The monoisotopic (exact) mass is 235 g/mol. The lowest BCUT2D eigenvalue weighted by Gasteiger charge is -2.05. The summed E-state index contributed by atoms with van der Waals surface area (Å²) in [5.74, 6) is 0.0437. The predicted molar refractivity (Wildman–Crippen MR) is 65.9 cm³/mol. The van der Waals surface area contributed by atoms with Gasteiger partial charge in [-0.15, -0.1) is 0 Å². The maximum atomic E-state index is 11.5. The van der Waals surface area contributed by atoms with E-state index in [-0.39, 0.29) is 11.7 Å². The van der Waals surface area contributed by atoms with E-state index in [4.69, 9.17) is 10.9 Å². The number of benzene rings is 1. The summed E-state index contributed by atoms with van der Waals surface area (Å²) in [5.41, 5.74) is 7.39. The number of hydrogen-bond donors (Lipinski definition) is 3. The fourth-order valence-electron chi connectivity index (χ4n) is 1.45. The van der Waals surface area contributed by atoms with Crippen LogP contribution in [0.3, 0.4) is 0 Å². The molecule has 1 amide bonds. The standard InChI is InChI=1S/C12H17N3O2/c1-9-3-2-4-10(7-9)8-12(16)14-6-5-11(13)15-17/h2-4,7,17H,5-6,8H2,1H3,(H2,13,15)(H,14,16). The van der Waals surface area contributed by atoms with Crippen molar-refractivity contribution in [1.29, 1.82) is 0 Å². The molecule has 1 aromatic carbocycles. The van der Waals surface area contributed by atoms with Gasteiger partial charge in [0.1, 0.15) is 5.84 Å². The third kappa shape index (κ3) is 5.01. The molecule has 0 aliphatic rings. The largest absolute Gasteiger partial charge is 0.409 e. The third-order valence-electron chi connectivity index (χ3n) is 2.28. The Hall–Kier alpha value is -2.04. The second kappa shape index (κ2) is 6.52. The van der Waals surface area contributed by atoms with E-state index in [0.717, 1.165) is 11.1 Å². The fourth-order valence-corrected chi connectivity index (χ4v) is 1.45. The molecule has 92 valence electrons. The summed E-state index contributed by atoms with van der Waals surface area (Å²) in [7, 11) is 0. The summed E-state index contributed by atoms with van der Waals surface area (Å²) in [6, 6.07) is 7.80. The number of aryl methyl sites for hydroxylation is 1. The van der Waals surface area contributed by atoms with Gasteiger partial charge in [-0.25, -0.2) is 0 Å². The summed E-state index contributed by atoms with van der Waals surface area (Å²) in [4.78, 5) is 11.5. The zero-order valence-corrected chi connectivity index (χ0v) is 9.81. The summed E-state index contributed by atoms with van der Waals surface area (Å²) in [6.07, 6.45) is 0.688. The van der Waals surface area contributed by atoms with Gasteiger partial charge in [-0.1, -0.05) is 35.0 Å². The molecule has 0 fully saturated rings. The number of nitrogens with one attached hydrogen (secondary N) is 1. The number of nitrogens with two attached hydrogens (primary N) is 1.